The Morgan fingerprint density at radius 3 is 2.48 bits per heavy atom. The van der Waals surface area contributed by atoms with E-state index >= 15 is 0 Å². The predicted octanol–water partition coefficient (Wildman–Crippen LogP) is 6.09. The molecule has 0 saturated heterocycles. The van der Waals surface area contributed by atoms with E-state index in [1.807, 2.05) is 30.3 Å². The molecule has 1 aromatic heterocycles. The van der Waals surface area contributed by atoms with Gasteiger partial charge >= 0.3 is 6.01 Å². The Morgan fingerprint density at radius 2 is 1.69 bits per heavy atom. The second-order valence-electron chi connectivity index (χ2n) is 5.93. The van der Waals surface area contributed by atoms with Gasteiger partial charge in [0, 0.05) is 10.6 Å². The maximum Gasteiger partial charge on any atom is 0.322 e. The summed E-state index contributed by atoms with van der Waals surface area (Å²) >= 11 is 12.0. The Bertz CT molecular complexity index is 1160. The maximum absolute atomic E-state index is 12.5. The van der Waals surface area contributed by atoms with E-state index in [9.17, 15) is 4.79 Å². The molecule has 144 valence electrons. The summed E-state index contributed by atoms with van der Waals surface area (Å²) in [5.74, 6) is 0.957. The molecule has 6 nitrogen and oxygen atoms in total. The molecule has 0 fully saturated rings. The van der Waals surface area contributed by atoms with E-state index in [1.165, 1.54) is 0 Å². The van der Waals surface area contributed by atoms with Gasteiger partial charge in [0.25, 0.3) is 11.8 Å². The number of carbonyl (C=O) groups is 1. The first-order chi connectivity index (χ1) is 14.1. The molecule has 4 aromatic rings. The highest BCUT2D eigenvalue weighted by atomic mass is 35.5. The molecule has 0 aliphatic heterocycles. The second kappa shape index (κ2) is 8.34. The van der Waals surface area contributed by atoms with Crippen LogP contribution in [0.25, 0.3) is 11.5 Å². The Kier molecular flexibility index (Phi) is 5.46. The number of nitrogens with zero attached hydrogens (tertiary/aromatic N) is 2. The van der Waals surface area contributed by atoms with Crippen LogP contribution in [-0.2, 0) is 0 Å². The van der Waals surface area contributed by atoms with E-state index in [4.69, 9.17) is 32.4 Å². The minimum Gasteiger partial charge on any atom is -0.457 e. The third kappa shape index (κ3) is 4.56. The highest BCUT2D eigenvalue weighted by Crippen LogP contribution is 2.30. The number of carbonyl (C=O) groups excluding carboxylic acids is 1. The molecule has 4 rings (SSSR count). The highest BCUT2D eigenvalue weighted by Gasteiger charge is 2.15. The van der Waals surface area contributed by atoms with Crippen molar-refractivity contribution in [1.29, 1.82) is 0 Å². The monoisotopic (exact) mass is 425 g/mol. The van der Waals surface area contributed by atoms with Gasteiger partial charge in [0.15, 0.2) is 0 Å². The smallest absolute Gasteiger partial charge is 0.322 e. The summed E-state index contributed by atoms with van der Waals surface area (Å²) in [5, 5.41) is 11.2. The Labute approximate surface area is 176 Å². The van der Waals surface area contributed by atoms with E-state index < -0.39 is 5.91 Å². The Balaban J connectivity index is 1.49. The van der Waals surface area contributed by atoms with Crippen LogP contribution in [0, 0.1) is 0 Å². The third-order valence-electron chi connectivity index (χ3n) is 3.88. The summed E-state index contributed by atoms with van der Waals surface area (Å²) in [6.07, 6.45) is 0. The first-order valence-corrected chi connectivity index (χ1v) is 9.27. The zero-order valence-electron chi connectivity index (χ0n) is 14.8. The molecule has 0 saturated carbocycles. The van der Waals surface area contributed by atoms with Crippen LogP contribution < -0.4 is 10.1 Å². The van der Waals surface area contributed by atoms with Gasteiger partial charge in [-0.25, -0.2) is 0 Å². The minimum atomic E-state index is -0.416. The van der Waals surface area contributed by atoms with E-state index in [2.05, 4.69) is 15.5 Å². The summed E-state index contributed by atoms with van der Waals surface area (Å²) in [6, 6.07) is 20.9. The fourth-order valence-corrected chi connectivity index (χ4v) is 3.03. The number of para-hydroxylation sites is 1. The van der Waals surface area contributed by atoms with Crippen LogP contribution in [0.15, 0.2) is 77.2 Å². The molecule has 29 heavy (non-hydrogen) atoms. The van der Waals surface area contributed by atoms with Gasteiger partial charge < -0.3 is 9.15 Å². The molecule has 1 N–H and O–H groups in total. The van der Waals surface area contributed by atoms with Crippen molar-refractivity contribution >= 4 is 35.1 Å². The average Bonchev–Trinajstić information content (AvgIpc) is 3.17. The van der Waals surface area contributed by atoms with Gasteiger partial charge in [-0.1, -0.05) is 52.6 Å². The van der Waals surface area contributed by atoms with Crippen LogP contribution in [0.2, 0.25) is 10.0 Å². The SMILES string of the molecule is O=C(Nc1nnc(-c2ccc(Cl)cc2Cl)o1)c1cccc(Oc2ccccc2)c1. The van der Waals surface area contributed by atoms with E-state index in [0.29, 0.717) is 32.7 Å². The van der Waals surface area contributed by atoms with E-state index in [-0.39, 0.29) is 11.9 Å². The van der Waals surface area contributed by atoms with Gasteiger partial charge in [0.2, 0.25) is 0 Å². The fourth-order valence-electron chi connectivity index (χ4n) is 2.54. The van der Waals surface area contributed by atoms with Crippen molar-refractivity contribution in [2.75, 3.05) is 5.32 Å². The summed E-state index contributed by atoms with van der Waals surface area (Å²) in [6.45, 7) is 0. The number of aromatic nitrogens is 2. The Hall–Kier alpha value is -3.35. The molecule has 8 heteroatoms. The van der Waals surface area contributed by atoms with Crippen LogP contribution in [0.5, 0.6) is 11.5 Å². The zero-order chi connectivity index (χ0) is 20.2. The normalized spacial score (nSPS) is 10.6. The summed E-state index contributed by atoms with van der Waals surface area (Å²) in [4.78, 5) is 12.5. The number of nitrogens with one attached hydrogen (secondary N) is 1. The Morgan fingerprint density at radius 1 is 0.897 bits per heavy atom. The summed E-state index contributed by atoms with van der Waals surface area (Å²) in [5.41, 5.74) is 0.894. The van der Waals surface area contributed by atoms with E-state index in [1.54, 1.807) is 42.5 Å². The van der Waals surface area contributed by atoms with Gasteiger partial charge in [0.1, 0.15) is 11.5 Å². The number of anilines is 1. The maximum atomic E-state index is 12.5. The topological polar surface area (TPSA) is 77.3 Å². The van der Waals surface area contributed by atoms with Gasteiger partial charge in [-0.15, -0.1) is 5.10 Å². The van der Waals surface area contributed by atoms with Gasteiger partial charge in [-0.2, -0.15) is 0 Å². The molecule has 1 amide bonds. The van der Waals surface area contributed by atoms with Crippen LogP contribution in [0.4, 0.5) is 6.01 Å². The molecule has 0 bridgehead atoms. The molecule has 0 atom stereocenters. The molecule has 0 spiro atoms. The number of ether oxygens (including phenoxy) is 1. The lowest BCUT2D eigenvalue weighted by Gasteiger charge is -2.07. The van der Waals surface area contributed by atoms with Crippen LogP contribution >= 0.6 is 23.2 Å². The summed E-state index contributed by atoms with van der Waals surface area (Å²) < 4.78 is 11.2. The number of hydrogen-bond donors (Lipinski definition) is 1. The quantitative estimate of drug-likeness (QED) is 0.418. The van der Waals surface area contributed by atoms with Crippen molar-refractivity contribution < 1.29 is 13.9 Å². The molecule has 3 aromatic carbocycles. The number of rotatable bonds is 5. The van der Waals surface area contributed by atoms with Gasteiger partial charge in [0.05, 0.1) is 10.6 Å². The predicted molar refractivity (Wildman–Crippen MR) is 111 cm³/mol. The molecular weight excluding hydrogens is 413 g/mol. The van der Waals surface area contributed by atoms with Gasteiger partial charge in [-0.05, 0) is 48.5 Å². The number of hydrogen-bond acceptors (Lipinski definition) is 5. The minimum absolute atomic E-state index is 0.0506. The van der Waals surface area contributed by atoms with E-state index in [0.717, 1.165) is 0 Å². The standard InChI is InChI=1S/C21H13Cl2N3O3/c22-14-9-10-17(18(23)12-14)20-25-26-21(29-20)24-19(27)13-5-4-8-16(11-13)28-15-6-2-1-3-7-15/h1-12H,(H,24,26,27). The highest BCUT2D eigenvalue weighted by molar-refractivity contribution is 6.36. The zero-order valence-corrected chi connectivity index (χ0v) is 16.3. The molecule has 0 aliphatic rings. The first kappa shape index (κ1) is 19.0. The average molecular weight is 426 g/mol. The molecule has 0 unspecified atom stereocenters. The van der Waals surface area contributed by atoms with Crippen molar-refractivity contribution in [3.63, 3.8) is 0 Å². The number of benzene rings is 3. The number of amides is 1. The van der Waals surface area contributed by atoms with Crippen molar-refractivity contribution in [2.45, 2.75) is 0 Å². The largest absolute Gasteiger partial charge is 0.457 e. The molecule has 0 radical (unpaired) electrons. The van der Waals surface area contributed by atoms with Crippen molar-refractivity contribution in [3.05, 3.63) is 88.4 Å². The van der Waals surface area contributed by atoms with Crippen molar-refractivity contribution in [1.82, 2.24) is 10.2 Å². The molecular formula is C21H13Cl2N3O3. The van der Waals surface area contributed by atoms with Crippen molar-refractivity contribution in [2.24, 2.45) is 0 Å². The lowest BCUT2D eigenvalue weighted by atomic mass is 10.2. The summed E-state index contributed by atoms with van der Waals surface area (Å²) in [7, 11) is 0. The third-order valence-corrected chi connectivity index (χ3v) is 4.43. The van der Waals surface area contributed by atoms with Crippen LogP contribution in [0.1, 0.15) is 10.4 Å². The van der Waals surface area contributed by atoms with Crippen LogP contribution in [-0.4, -0.2) is 16.1 Å². The van der Waals surface area contributed by atoms with Crippen LogP contribution in [0.3, 0.4) is 0 Å². The second-order valence-corrected chi connectivity index (χ2v) is 6.78. The van der Waals surface area contributed by atoms with Gasteiger partial charge in [-0.3, -0.25) is 10.1 Å². The van der Waals surface area contributed by atoms with Crippen molar-refractivity contribution in [3.8, 4) is 23.0 Å². The molecule has 0 aliphatic carbocycles. The number of halogens is 2. The lowest BCUT2D eigenvalue weighted by Crippen LogP contribution is -2.12. The lowest BCUT2D eigenvalue weighted by molar-refractivity contribution is 0.102. The first-order valence-electron chi connectivity index (χ1n) is 8.52. The molecule has 1 heterocycles. The fraction of sp³-hybridized carbons (Fsp3) is 0.